The number of rotatable bonds is 7. The third-order valence-corrected chi connectivity index (χ3v) is 4.91. The van der Waals surface area contributed by atoms with Gasteiger partial charge in [-0.1, -0.05) is 84.1 Å². The van der Waals surface area contributed by atoms with E-state index in [9.17, 15) is 0 Å². The number of allylic oxidation sites excluding steroid dienone is 6. The van der Waals surface area contributed by atoms with E-state index < -0.39 is 0 Å². The van der Waals surface area contributed by atoms with E-state index in [2.05, 4.69) is 59.1 Å². The molecule has 118 valence electrons. The molecule has 0 aromatic rings. The van der Waals surface area contributed by atoms with Gasteiger partial charge in [-0.05, 0) is 48.0 Å². The maximum absolute atomic E-state index is 3.88. The molecule has 0 aromatic carbocycles. The van der Waals surface area contributed by atoms with Gasteiger partial charge in [0.25, 0.3) is 0 Å². The average molecular weight is 287 g/mol. The van der Waals surface area contributed by atoms with Crippen LogP contribution in [-0.4, -0.2) is 0 Å². The summed E-state index contributed by atoms with van der Waals surface area (Å²) in [6.45, 7) is 17.2. The van der Waals surface area contributed by atoms with E-state index in [1.807, 2.05) is 12.2 Å². The predicted molar refractivity (Wildman–Crippen MR) is 96.3 cm³/mol. The van der Waals surface area contributed by atoms with Gasteiger partial charge in [-0.3, -0.25) is 0 Å². The van der Waals surface area contributed by atoms with Crippen molar-refractivity contribution in [2.24, 2.45) is 23.2 Å². The summed E-state index contributed by atoms with van der Waals surface area (Å²) in [6.07, 6.45) is 17.0. The average Bonchev–Trinajstić information content (AvgIpc) is 2.41. The van der Waals surface area contributed by atoms with Crippen LogP contribution >= 0.6 is 0 Å². The first-order valence-electron chi connectivity index (χ1n) is 8.52. The van der Waals surface area contributed by atoms with Crippen molar-refractivity contribution in [3.63, 3.8) is 0 Å². The third kappa shape index (κ3) is 5.69. The van der Waals surface area contributed by atoms with E-state index in [1.165, 1.54) is 37.7 Å². The highest BCUT2D eigenvalue weighted by molar-refractivity contribution is 5.29. The van der Waals surface area contributed by atoms with E-state index in [0.717, 1.165) is 11.8 Å². The molecule has 0 heterocycles. The zero-order chi connectivity index (χ0) is 15.9. The zero-order valence-electron chi connectivity index (χ0n) is 14.6. The molecule has 0 N–H and O–H groups in total. The van der Waals surface area contributed by atoms with Gasteiger partial charge in [0.1, 0.15) is 0 Å². The Morgan fingerprint density at radius 3 is 2.43 bits per heavy atom. The van der Waals surface area contributed by atoms with Crippen LogP contribution < -0.4 is 0 Å². The molecule has 1 rings (SSSR count). The Labute approximate surface area is 132 Å². The molecule has 0 aliphatic heterocycles. The maximum Gasteiger partial charge on any atom is -0.0110 e. The fourth-order valence-corrected chi connectivity index (χ4v) is 3.82. The van der Waals surface area contributed by atoms with E-state index >= 15 is 0 Å². The van der Waals surface area contributed by atoms with Crippen LogP contribution in [0.5, 0.6) is 0 Å². The summed E-state index contributed by atoms with van der Waals surface area (Å²) >= 11 is 0. The Hall–Kier alpha value is -1.04. The normalized spacial score (nSPS) is 26.2. The van der Waals surface area contributed by atoms with Crippen LogP contribution in [-0.2, 0) is 0 Å². The second kappa shape index (κ2) is 8.41. The Bertz CT molecular complexity index is 392. The lowest BCUT2D eigenvalue weighted by molar-refractivity contribution is 0.113. The Morgan fingerprint density at radius 1 is 1.19 bits per heavy atom. The monoisotopic (exact) mass is 286 g/mol. The quantitative estimate of drug-likeness (QED) is 0.456. The molecule has 0 amide bonds. The molecule has 0 radical (unpaired) electrons. The van der Waals surface area contributed by atoms with Gasteiger partial charge < -0.3 is 0 Å². The summed E-state index contributed by atoms with van der Waals surface area (Å²) < 4.78 is 0. The molecule has 1 aliphatic rings. The lowest BCUT2D eigenvalue weighted by Crippen LogP contribution is -2.33. The minimum Gasteiger partial charge on any atom is -0.0991 e. The minimum absolute atomic E-state index is 0.375. The van der Waals surface area contributed by atoms with Crippen molar-refractivity contribution >= 4 is 0 Å². The first-order valence-corrected chi connectivity index (χ1v) is 8.52. The summed E-state index contributed by atoms with van der Waals surface area (Å²) in [5, 5.41) is 0. The van der Waals surface area contributed by atoms with Gasteiger partial charge in [0.05, 0.1) is 0 Å². The Morgan fingerprint density at radius 2 is 1.90 bits per heavy atom. The van der Waals surface area contributed by atoms with E-state index in [4.69, 9.17) is 0 Å². The van der Waals surface area contributed by atoms with Crippen LogP contribution in [0.2, 0.25) is 0 Å². The predicted octanol–water partition coefficient (Wildman–Crippen LogP) is 6.72. The van der Waals surface area contributed by atoms with Gasteiger partial charge in [-0.15, -0.1) is 0 Å². The standard InChI is InChI=1S/C21H34/c1-7-9-11-19(10-8-2)20-15-14-18(13-12-17(3)4)16-21(20,5)6/h7-11,17-18,20H,1-2,12-16H2,3-6H3/b11-9-,19-10+. The van der Waals surface area contributed by atoms with Gasteiger partial charge in [-0.2, -0.15) is 0 Å². The van der Waals surface area contributed by atoms with Gasteiger partial charge in [0.15, 0.2) is 0 Å². The molecule has 0 heteroatoms. The highest BCUT2D eigenvalue weighted by atomic mass is 14.4. The van der Waals surface area contributed by atoms with Crippen LogP contribution in [0.1, 0.15) is 59.8 Å². The zero-order valence-corrected chi connectivity index (χ0v) is 14.6. The molecule has 0 aromatic heterocycles. The molecular weight excluding hydrogens is 252 g/mol. The van der Waals surface area contributed by atoms with Crippen molar-refractivity contribution in [2.45, 2.75) is 59.8 Å². The SMILES string of the molecule is C=C/C=C\C(=C/C=C)C1CCC(CCC(C)C)CC1(C)C. The van der Waals surface area contributed by atoms with E-state index in [0.29, 0.717) is 11.3 Å². The van der Waals surface area contributed by atoms with Crippen molar-refractivity contribution in [1.82, 2.24) is 0 Å². The molecule has 21 heavy (non-hydrogen) atoms. The summed E-state index contributed by atoms with van der Waals surface area (Å²) in [7, 11) is 0. The molecule has 1 aliphatic carbocycles. The molecule has 1 fully saturated rings. The van der Waals surface area contributed by atoms with Crippen LogP contribution in [0.15, 0.2) is 49.1 Å². The van der Waals surface area contributed by atoms with Crippen molar-refractivity contribution in [3.05, 3.63) is 49.1 Å². The molecule has 0 nitrogen and oxygen atoms in total. The molecule has 2 atom stereocenters. The number of hydrogen-bond donors (Lipinski definition) is 0. The second-order valence-corrected chi connectivity index (χ2v) is 7.66. The summed E-state index contributed by atoms with van der Waals surface area (Å²) in [5.41, 5.74) is 1.79. The van der Waals surface area contributed by atoms with Gasteiger partial charge in [0.2, 0.25) is 0 Å². The minimum atomic E-state index is 0.375. The van der Waals surface area contributed by atoms with Crippen molar-refractivity contribution < 1.29 is 0 Å². The largest absolute Gasteiger partial charge is 0.0991 e. The fourth-order valence-electron chi connectivity index (χ4n) is 3.82. The highest BCUT2D eigenvalue weighted by Crippen LogP contribution is 2.48. The second-order valence-electron chi connectivity index (χ2n) is 7.66. The van der Waals surface area contributed by atoms with Gasteiger partial charge in [0, 0.05) is 0 Å². The number of hydrogen-bond acceptors (Lipinski definition) is 0. The summed E-state index contributed by atoms with van der Waals surface area (Å²) in [6, 6.07) is 0. The van der Waals surface area contributed by atoms with Crippen LogP contribution in [0, 0.1) is 23.2 Å². The molecule has 1 saturated carbocycles. The Balaban J connectivity index is 2.78. The van der Waals surface area contributed by atoms with Gasteiger partial charge >= 0.3 is 0 Å². The Kier molecular flexibility index (Phi) is 7.22. The lowest BCUT2D eigenvalue weighted by atomic mass is 9.61. The molecule has 0 saturated heterocycles. The van der Waals surface area contributed by atoms with Crippen molar-refractivity contribution in [1.29, 1.82) is 0 Å². The first-order chi connectivity index (χ1) is 9.90. The van der Waals surface area contributed by atoms with Crippen molar-refractivity contribution in [2.75, 3.05) is 0 Å². The van der Waals surface area contributed by atoms with Gasteiger partial charge in [-0.25, -0.2) is 0 Å². The molecular formula is C21H34. The van der Waals surface area contributed by atoms with Crippen LogP contribution in [0.3, 0.4) is 0 Å². The smallest absolute Gasteiger partial charge is 0.0110 e. The highest BCUT2D eigenvalue weighted by Gasteiger charge is 2.37. The van der Waals surface area contributed by atoms with Crippen molar-refractivity contribution in [3.8, 4) is 0 Å². The van der Waals surface area contributed by atoms with Crippen LogP contribution in [0.4, 0.5) is 0 Å². The lowest BCUT2D eigenvalue weighted by Gasteiger charge is -2.43. The molecule has 2 unspecified atom stereocenters. The third-order valence-electron chi connectivity index (χ3n) is 4.91. The molecule has 0 spiro atoms. The maximum atomic E-state index is 3.88. The first kappa shape index (κ1) is 18.0. The van der Waals surface area contributed by atoms with Crippen LogP contribution in [0.25, 0.3) is 0 Å². The van der Waals surface area contributed by atoms with E-state index in [-0.39, 0.29) is 0 Å². The fraction of sp³-hybridized carbons (Fsp3) is 0.619. The topological polar surface area (TPSA) is 0 Å². The molecule has 0 bridgehead atoms. The summed E-state index contributed by atoms with van der Waals surface area (Å²) in [5.74, 6) is 2.38. The van der Waals surface area contributed by atoms with E-state index in [1.54, 1.807) is 0 Å². The summed E-state index contributed by atoms with van der Waals surface area (Å²) in [4.78, 5) is 0.